The number of benzene rings is 1. The van der Waals surface area contributed by atoms with Gasteiger partial charge in [0.1, 0.15) is 5.75 Å². The maximum atomic E-state index is 12.8. The Morgan fingerprint density at radius 3 is 2.56 bits per heavy atom. The number of carboxylic acid groups (broad SMARTS) is 1. The van der Waals surface area contributed by atoms with E-state index in [0.29, 0.717) is 37.2 Å². The molecule has 2 aromatic rings. The summed E-state index contributed by atoms with van der Waals surface area (Å²) in [6, 6.07) is 7.42. The van der Waals surface area contributed by atoms with Gasteiger partial charge in [-0.25, -0.2) is 0 Å². The highest BCUT2D eigenvalue weighted by Gasteiger charge is 2.27. The number of hydrogen-bond acceptors (Lipinski definition) is 4. The third-order valence-electron chi connectivity index (χ3n) is 4.61. The van der Waals surface area contributed by atoms with Gasteiger partial charge in [0.05, 0.1) is 24.6 Å². The molecular formula is C18H21N3O4. The summed E-state index contributed by atoms with van der Waals surface area (Å²) in [5.74, 6) is 0.0401. The number of aliphatic carboxylic acids is 1. The van der Waals surface area contributed by atoms with Crippen molar-refractivity contribution < 1.29 is 19.4 Å². The molecule has 0 spiro atoms. The van der Waals surface area contributed by atoms with Crippen molar-refractivity contribution in [2.75, 3.05) is 20.2 Å². The first-order valence-corrected chi connectivity index (χ1v) is 8.27. The molecule has 1 saturated heterocycles. The Balaban J connectivity index is 1.71. The first kappa shape index (κ1) is 17.0. The van der Waals surface area contributed by atoms with Crippen LogP contribution in [0.3, 0.4) is 0 Å². The number of hydrogen-bond donors (Lipinski definition) is 2. The molecule has 1 amide bonds. The minimum absolute atomic E-state index is 0.0756. The lowest BCUT2D eigenvalue weighted by Gasteiger charge is -2.31. The van der Waals surface area contributed by atoms with E-state index in [1.54, 1.807) is 18.2 Å². The molecule has 2 N–H and O–H groups in total. The van der Waals surface area contributed by atoms with Crippen LogP contribution in [0.25, 0.3) is 11.3 Å². The summed E-state index contributed by atoms with van der Waals surface area (Å²) in [5.41, 5.74) is 2.07. The minimum atomic E-state index is -0.776. The van der Waals surface area contributed by atoms with Crippen LogP contribution >= 0.6 is 0 Å². The molecule has 1 fully saturated rings. The first-order valence-electron chi connectivity index (χ1n) is 8.27. The number of piperidine rings is 1. The van der Waals surface area contributed by atoms with E-state index < -0.39 is 5.97 Å². The Hall–Kier alpha value is -2.83. The molecule has 1 aliphatic rings. The van der Waals surface area contributed by atoms with Crippen molar-refractivity contribution in [3.05, 3.63) is 36.0 Å². The Kier molecular flexibility index (Phi) is 5.02. The molecule has 7 nitrogen and oxygen atoms in total. The molecule has 7 heteroatoms. The van der Waals surface area contributed by atoms with E-state index in [0.717, 1.165) is 11.3 Å². The molecule has 25 heavy (non-hydrogen) atoms. The first-order chi connectivity index (χ1) is 12.1. The van der Waals surface area contributed by atoms with E-state index in [1.807, 2.05) is 24.3 Å². The fraction of sp³-hybridized carbons (Fsp3) is 0.389. The Morgan fingerprint density at radius 2 is 1.96 bits per heavy atom. The SMILES string of the molecule is COc1ccc(-c2[nH]ncc2C(=O)N2CCC(CC(=O)O)CC2)cc1. The maximum absolute atomic E-state index is 12.8. The van der Waals surface area contributed by atoms with E-state index >= 15 is 0 Å². The lowest BCUT2D eigenvalue weighted by molar-refractivity contribution is -0.138. The number of methoxy groups -OCH3 is 1. The predicted octanol–water partition coefficient (Wildman–Crippen LogP) is 2.41. The summed E-state index contributed by atoms with van der Waals surface area (Å²) >= 11 is 0. The topological polar surface area (TPSA) is 95.5 Å². The van der Waals surface area contributed by atoms with Gasteiger partial charge in [0.2, 0.25) is 0 Å². The molecule has 1 aliphatic heterocycles. The van der Waals surface area contributed by atoms with Crippen molar-refractivity contribution in [1.29, 1.82) is 0 Å². The third-order valence-corrected chi connectivity index (χ3v) is 4.61. The Bertz CT molecular complexity index is 746. The minimum Gasteiger partial charge on any atom is -0.497 e. The molecule has 0 aliphatic carbocycles. The van der Waals surface area contributed by atoms with Gasteiger partial charge in [0.25, 0.3) is 5.91 Å². The molecule has 1 aromatic carbocycles. The zero-order chi connectivity index (χ0) is 17.8. The summed E-state index contributed by atoms with van der Waals surface area (Å²) in [6.07, 6.45) is 3.15. The molecule has 0 bridgehead atoms. The van der Waals surface area contributed by atoms with Gasteiger partial charge in [-0.3, -0.25) is 14.7 Å². The Morgan fingerprint density at radius 1 is 1.28 bits per heavy atom. The molecule has 1 aromatic heterocycles. The highest BCUT2D eigenvalue weighted by molar-refractivity contribution is 5.99. The molecule has 3 rings (SSSR count). The number of H-pyrrole nitrogens is 1. The summed E-state index contributed by atoms with van der Waals surface area (Å²) < 4.78 is 5.15. The number of aromatic amines is 1. The van der Waals surface area contributed by atoms with Crippen molar-refractivity contribution in [2.24, 2.45) is 5.92 Å². The highest BCUT2D eigenvalue weighted by atomic mass is 16.5. The number of likely N-dealkylation sites (tertiary alicyclic amines) is 1. The van der Waals surface area contributed by atoms with Crippen LogP contribution in [0.5, 0.6) is 5.75 Å². The van der Waals surface area contributed by atoms with Crippen LogP contribution in [-0.2, 0) is 4.79 Å². The van der Waals surface area contributed by atoms with Gasteiger partial charge in [-0.1, -0.05) is 0 Å². The van der Waals surface area contributed by atoms with E-state index in [2.05, 4.69) is 10.2 Å². The molecule has 2 heterocycles. The molecule has 0 saturated carbocycles. The van der Waals surface area contributed by atoms with Crippen molar-refractivity contribution in [1.82, 2.24) is 15.1 Å². The van der Waals surface area contributed by atoms with Crippen LogP contribution < -0.4 is 4.74 Å². The predicted molar refractivity (Wildman–Crippen MR) is 91.5 cm³/mol. The van der Waals surface area contributed by atoms with Crippen LogP contribution in [0.2, 0.25) is 0 Å². The van der Waals surface area contributed by atoms with Gasteiger partial charge in [-0.15, -0.1) is 0 Å². The lowest BCUT2D eigenvalue weighted by Crippen LogP contribution is -2.39. The second-order valence-electron chi connectivity index (χ2n) is 6.22. The summed E-state index contributed by atoms with van der Waals surface area (Å²) in [6.45, 7) is 1.15. The zero-order valence-electron chi connectivity index (χ0n) is 14.1. The lowest BCUT2D eigenvalue weighted by atomic mass is 9.93. The maximum Gasteiger partial charge on any atom is 0.303 e. The zero-order valence-corrected chi connectivity index (χ0v) is 14.1. The highest BCUT2D eigenvalue weighted by Crippen LogP contribution is 2.27. The summed E-state index contributed by atoms with van der Waals surface area (Å²) in [5, 5.41) is 15.8. The van der Waals surface area contributed by atoms with Gasteiger partial charge < -0.3 is 14.7 Å². The quantitative estimate of drug-likeness (QED) is 0.869. The summed E-state index contributed by atoms with van der Waals surface area (Å²) in [7, 11) is 1.61. The average Bonchev–Trinajstić information content (AvgIpc) is 3.11. The van der Waals surface area contributed by atoms with Crippen molar-refractivity contribution in [3.63, 3.8) is 0 Å². The number of rotatable bonds is 5. The van der Waals surface area contributed by atoms with Crippen LogP contribution in [-0.4, -0.2) is 52.3 Å². The number of carbonyl (C=O) groups is 2. The van der Waals surface area contributed by atoms with Gasteiger partial charge in [-0.05, 0) is 43.0 Å². The molecular weight excluding hydrogens is 322 g/mol. The van der Waals surface area contributed by atoms with Crippen LogP contribution in [0.4, 0.5) is 0 Å². The number of amides is 1. The number of carboxylic acids is 1. The average molecular weight is 343 g/mol. The fourth-order valence-electron chi connectivity index (χ4n) is 3.18. The second kappa shape index (κ2) is 7.38. The van der Waals surface area contributed by atoms with Gasteiger partial charge >= 0.3 is 5.97 Å². The van der Waals surface area contributed by atoms with Gasteiger partial charge in [0.15, 0.2) is 0 Å². The van der Waals surface area contributed by atoms with Crippen LogP contribution in [0, 0.1) is 5.92 Å². The normalized spacial score (nSPS) is 15.2. The van der Waals surface area contributed by atoms with Crippen molar-refractivity contribution in [2.45, 2.75) is 19.3 Å². The Labute approximate surface area is 145 Å². The van der Waals surface area contributed by atoms with Crippen LogP contribution in [0.15, 0.2) is 30.5 Å². The molecule has 0 unspecified atom stereocenters. The fourth-order valence-corrected chi connectivity index (χ4v) is 3.18. The number of nitrogens with one attached hydrogen (secondary N) is 1. The standard InChI is InChI=1S/C18H21N3O4/c1-25-14-4-2-13(3-5-14)17-15(11-19-20-17)18(24)21-8-6-12(7-9-21)10-16(22)23/h2-5,11-12H,6-10H2,1H3,(H,19,20)(H,22,23). The largest absolute Gasteiger partial charge is 0.497 e. The second-order valence-corrected chi connectivity index (χ2v) is 6.22. The third kappa shape index (κ3) is 3.81. The van der Waals surface area contributed by atoms with E-state index in [1.165, 1.54) is 0 Å². The van der Waals surface area contributed by atoms with E-state index in [9.17, 15) is 9.59 Å². The molecule has 0 atom stereocenters. The number of carbonyl (C=O) groups excluding carboxylic acids is 1. The van der Waals surface area contributed by atoms with E-state index in [-0.39, 0.29) is 18.2 Å². The molecule has 132 valence electrons. The van der Waals surface area contributed by atoms with Gasteiger partial charge in [-0.2, -0.15) is 5.10 Å². The van der Waals surface area contributed by atoms with Crippen molar-refractivity contribution in [3.8, 4) is 17.0 Å². The smallest absolute Gasteiger partial charge is 0.303 e. The number of ether oxygens (including phenoxy) is 1. The monoisotopic (exact) mass is 343 g/mol. The number of aromatic nitrogens is 2. The summed E-state index contributed by atoms with van der Waals surface area (Å²) in [4.78, 5) is 25.4. The number of nitrogens with zero attached hydrogens (tertiary/aromatic N) is 2. The van der Waals surface area contributed by atoms with Gasteiger partial charge in [0, 0.05) is 25.1 Å². The van der Waals surface area contributed by atoms with Crippen molar-refractivity contribution >= 4 is 11.9 Å². The molecule has 0 radical (unpaired) electrons. The van der Waals surface area contributed by atoms with Crippen LogP contribution in [0.1, 0.15) is 29.6 Å². The van der Waals surface area contributed by atoms with E-state index in [4.69, 9.17) is 9.84 Å².